The number of benzene rings is 2. The van der Waals surface area contributed by atoms with Crippen molar-refractivity contribution in [2.45, 2.75) is 6.04 Å². The molecule has 21 heavy (non-hydrogen) atoms. The maximum atomic E-state index is 14.0. The first-order valence-electron chi connectivity index (χ1n) is 6.36. The van der Waals surface area contributed by atoms with E-state index in [1.165, 1.54) is 36.4 Å². The van der Waals surface area contributed by atoms with Gasteiger partial charge in [0.2, 0.25) is 0 Å². The number of anilines is 1. The lowest BCUT2D eigenvalue weighted by atomic mass is 10.0. The number of nitrogens with zero attached hydrogens (tertiary/aromatic N) is 2. The van der Waals surface area contributed by atoms with Crippen LogP contribution in [-0.2, 0) is 0 Å². The molecule has 3 nitrogen and oxygen atoms in total. The van der Waals surface area contributed by atoms with Crippen molar-refractivity contribution in [2.75, 3.05) is 11.4 Å². The van der Waals surface area contributed by atoms with Gasteiger partial charge in [-0.1, -0.05) is 6.07 Å². The normalized spacial score (nSPS) is 18.0. The zero-order valence-electron chi connectivity index (χ0n) is 10.9. The van der Waals surface area contributed by atoms with E-state index in [1.54, 1.807) is 4.90 Å². The van der Waals surface area contributed by atoms with Gasteiger partial charge in [0.25, 0.3) is 0 Å². The first-order valence-corrected chi connectivity index (χ1v) is 6.36. The van der Waals surface area contributed by atoms with Gasteiger partial charge in [0.1, 0.15) is 17.5 Å². The van der Waals surface area contributed by atoms with Gasteiger partial charge in [0, 0.05) is 17.3 Å². The lowest BCUT2D eigenvalue weighted by molar-refractivity contribution is 0.559. The molecule has 1 aliphatic rings. The number of rotatable bonds is 2. The summed E-state index contributed by atoms with van der Waals surface area (Å²) in [4.78, 5) is 5.71. The fourth-order valence-corrected chi connectivity index (χ4v) is 2.42. The molecule has 0 saturated heterocycles. The first kappa shape index (κ1) is 13.5. The number of nitrogens with two attached hydrogens (primary N) is 1. The molecule has 2 aromatic rings. The summed E-state index contributed by atoms with van der Waals surface area (Å²) in [7, 11) is 0. The van der Waals surface area contributed by atoms with Crippen molar-refractivity contribution in [3.63, 3.8) is 0 Å². The molecule has 0 saturated carbocycles. The number of aliphatic imine (C=N–C) groups is 1. The van der Waals surface area contributed by atoms with Gasteiger partial charge in [0.15, 0.2) is 5.96 Å². The predicted octanol–water partition coefficient (Wildman–Crippen LogP) is 2.98. The summed E-state index contributed by atoms with van der Waals surface area (Å²) in [6, 6.07) is 8.58. The van der Waals surface area contributed by atoms with Crippen LogP contribution >= 0.6 is 0 Å². The quantitative estimate of drug-likeness (QED) is 0.924. The van der Waals surface area contributed by atoms with E-state index in [2.05, 4.69) is 4.99 Å². The van der Waals surface area contributed by atoms with E-state index >= 15 is 0 Å². The highest BCUT2D eigenvalue weighted by Crippen LogP contribution is 2.32. The van der Waals surface area contributed by atoms with E-state index in [4.69, 9.17) is 5.73 Å². The van der Waals surface area contributed by atoms with Gasteiger partial charge in [-0.3, -0.25) is 4.99 Å². The summed E-state index contributed by atoms with van der Waals surface area (Å²) in [6.45, 7) is 0.256. The standard InChI is InChI=1S/C15H12F3N3/c16-9-1-4-11(5-2-9)21-14(8-20-15(21)19)12-6-3-10(17)7-13(12)18/h1-7,14H,8H2,(H2,19,20). The van der Waals surface area contributed by atoms with Crippen LogP contribution in [0.1, 0.15) is 11.6 Å². The highest BCUT2D eigenvalue weighted by Gasteiger charge is 2.30. The average molecular weight is 291 g/mol. The summed E-state index contributed by atoms with van der Waals surface area (Å²) >= 11 is 0. The van der Waals surface area contributed by atoms with Gasteiger partial charge >= 0.3 is 0 Å². The van der Waals surface area contributed by atoms with E-state index in [9.17, 15) is 13.2 Å². The Morgan fingerprint density at radius 1 is 1.00 bits per heavy atom. The molecule has 1 aliphatic heterocycles. The molecule has 1 heterocycles. The van der Waals surface area contributed by atoms with Crippen LogP contribution in [-0.4, -0.2) is 12.5 Å². The molecule has 1 atom stereocenters. The van der Waals surface area contributed by atoms with Gasteiger partial charge in [-0.05, 0) is 30.3 Å². The minimum absolute atomic E-state index is 0.218. The molecule has 0 spiro atoms. The van der Waals surface area contributed by atoms with Crippen molar-refractivity contribution >= 4 is 11.6 Å². The second-order valence-electron chi connectivity index (χ2n) is 4.73. The Hall–Kier alpha value is -2.50. The molecule has 0 radical (unpaired) electrons. The molecule has 108 valence electrons. The van der Waals surface area contributed by atoms with E-state index in [0.29, 0.717) is 11.3 Å². The van der Waals surface area contributed by atoms with Crippen LogP contribution in [0.2, 0.25) is 0 Å². The Labute approximate surface area is 119 Å². The zero-order valence-corrected chi connectivity index (χ0v) is 10.9. The third kappa shape index (κ3) is 2.44. The monoisotopic (exact) mass is 291 g/mol. The number of guanidine groups is 1. The molecule has 3 rings (SSSR count). The van der Waals surface area contributed by atoms with Crippen molar-refractivity contribution in [1.82, 2.24) is 0 Å². The van der Waals surface area contributed by atoms with E-state index < -0.39 is 17.7 Å². The van der Waals surface area contributed by atoms with Crippen molar-refractivity contribution < 1.29 is 13.2 Å². The first-order chi connectivity index (χ1) is 10.1. The number of hydrogen-bond donors (Lipinski definition) is 1. The van der Waals surface area contributed by atoms with Crippen LogP contribution in [0.4, 0.5) is 18.9 Å². The zero-order chi connectivity index (χ0) is 15.0. The SMILES string of the molecule is NC1=NCC(c2ccc(F)cc2F)N1c1ccc(F)cc1. The summed E-state index contributed by atoms with van der Waals surface area (Å²) < 4.78 is 40.0. The van der Waals surface area contributed by atoms with Crippen LogP contribution in [0.15, 0.2) is 47.5 Å². The summed E-state index contributed by atoms with van der Waals surface area (Å²) in [5.41, 5.74) is 6.74. The highest BCUT2D eigenvalue weighted by molar-refractivity contribution is 5.97. The number of halogens is 3. The Morgan fingerprint density at radius 2 is 1.67 bits per heavy atom. The van der Waals surface area contributed by atoms with Gasteiger partial charge < -0.3 is 10.6 Å². The molecular formula is C15H12F3N3. The lowest BCUT2D eigenvalue weighted by Crippen LogP contribution is -2.36. The van der Waals surface area contributed by atoms with E-state index in [-0.39, 0.29) is 18.3 Å². The van der Waals surface area contributed by atoms with E-state index in [1.807, 2.05) is 0 Å². The fraction of sp³-hybridized carbons (Fsp3) is 0.133. The number of hydrogen-bond acceptors (Lipinski definition) is 3. The Morgan fingerprint density at radius 3 is 2.33 bits per heavy atom. The Bertz CT molecular complexity index is 698. The molecule has 0 amide bonds. The topological polar surface area (TPSA) is 41.6 Å². The molecule has 2 N–H and O–H groups in total. The van der Waals surface area contributed by atoms with Crippen LogP contribution in [0, 0.1) is 17.5 Å². The molecule has 0 aromatic heterocycles. The fourth-order valence-electron chi connectivity index (χ4n) is 2.42. The van der Waals surface area contributed by atoms with Crippen LogP contribution in [0.3, 0.4) is 0 Å². The van der Waals surface area contributed by atoms with Crippen LogP contribution in [0.5, 0.6) is 0 Å². The van der Waals surface area contributed by atoms with Crippen LogP contribution in [0.25, 0.3) is 0 Å². The van der Waals surface area contributed by atoms with Crippen molar-refractivity contribution in [3.05, 3.63) is 65.5 Å². The summed E-state index contributed by atoms with van der Waals surface area (Å²) in [5.74, 6) is -1.46. The van der Waals surface area contributed by atoms with Crippen molar-refractivity contribution in [1.29, 1.82) is 0 Å². The smallest absolute Gasteiger partial charge is 0.196 e. The van der Waals surface area contributed by atoms with Crippen molar-refractivity contribution in [2.24, 2.45) is 10.7 Å². The Balaban J connectivity index is 2.00. The third-order valence-electron chi connectivity index (χ3n) is 3.41. The van der Waals surface area contributed by atoms with E-state index in [0.717, 1.165) is 6.07 Å². The third-order valence-corrected chi connectivity index (χ3v) is 3.41. The summed E-state index contributed by atoms with van der Waals surface area (Å²) in [6.07, 6.45) is 0. The molecule has 0 fully saturated rings. The molecule has 1 unspecified atom stereocenters. The second kappa shape index (κ2) is 5.12. The van der Waals surface area contributed by atoms with Gasteiger partial charge in [-0.2, -0.15) is 0 Å². The Kier molecular flexibility index (Phi) is 3.29. The lowest BCUT2D eigenvalue weighted by Gasteiger charge is -2.26. The summed E-state index contributed by atoms with van der Waals surface area (Å²) in [5, 5.41) is 0. The molecule has 2 aromatic carbocycles. The van der Waals surface area contributed by atoms with Gasteiger partial charge in [0.05, 0.1) is 12.6 Å². The predicted molar refractivity (Wildman–Crippen MR) is 74.5 cm³/mol. The molecule has 0 aliphatic carbocycles. The van der Waals surface area contributed by atoms with Gasteiger partial charge in [-0.25, -0.2) is 13.2 Å². The van der Waals surface area contributed by atoms with Crippen molar-refractivity contribution in [3.8, 4) is 0 Å². The minimum Gasteiger partial charge on any atom is -0.369 e. The largest absolute Gasteiger partial charge is 0.369 e. The minimum atomic E-state index is -0.656. The van der Waals surface area contributed by atoms with Crippen LogP contribution < -0.4 is 10.6 Å². The molecule has 0 bridgehead atoms. The highest BCUT2D eigenvalue weighted by atomic mass is 19.1. The average Bonchev–Trinajstić information content (AvgIpc) is 2.82. The van der Waals surface area contributed by atoms with Gasteiger partial charge in [-0.15, -0.1) is 0 Å². The maximum absolute atomic E-state index is 14.0. The molecular weight excluding hydrogens is 279 g/mol. The second-order valence-corrected chi connectivity index (χ2v) is 4.73. The molecule has 6 heteroatoms. The maximum Gasteiger partial charge on any atom is 0.196 e.